The van der Waals surface area contributed by atoms with E-state index in [-0.39, 0.29) is 28.8 Å². The van der Waals surface area contributed by atoms with Crippen molar-refractivity contribution in [3.05, 3.63) is 129 Å². The van der Waals surface area contributed by atoms with Gasteiger partial charge in [-0.3, -0.25) is 9.59 Å². The number of halogens is 2. The highest BCUT2D eigenvalue weighted by atomic mass is 79.9. The normalized spacial score (nSPS) is 12.8. The highest BCUT2D eigenvalue weighted by molar-refractivity contribution is 8.93. The van der Waals surface area contributed by atoms with Gasteiger partial charge in [0.15, 0.2) is 4.80 Å². The smallest absolute Gasteiger partial charge is 0.266 e. The van der Waals surface area contributed by atoms with Gasteiger partial charge in [-0.25, -0.2) is 9.89 Å². The topological polar surface area (TPSA) is 63.9 Å². The van der Waals surface area contributed by atoms with E-state index in [9.17, 15) is 9.59 Å². The Morgan fingerprint density at radius 3 is 2.23 bits per heavy atom. The van der Waals surface area contributed by atoms with Gasteiger partial charge in [0.05, 0.1) is 36.2 Å². The number of aromatic nitrogens is 1. The van der Waals surface area contributed by atoms with Crippen LogP contribution in [0.15, 0.2) is 107 Å². The lowest BCUT2D eigenvalue weighted by atomic mass is 10.1. The molecule has 0 aliphatic carbocycles. The Hall–Kier alpha value is -3.98. The number of hydrogen-bond donors (Lipinski definition) is 0. The molecule has 5 aromatic rings. The summed E-state index contributed by atoms with van der Waals surface area (Å²) >= 11 is 7.64. The van der Waals surface area contributed by atoms with Gasteiger partial charge < -0.3 is 9.30 Å². The number of para-hydroxylation sites is 2. The third kappa shape index (κ3) is 5.13. The summed E-state index contributed by atoms with van der Waals surface area (Å²) in [5.74, 6) is 0.0380. The van der Waals surface area contributed by atoms with Crippen molar-refractivity contribution in [1.29, 1.82) is 0 Å². The number of ether oxygens (including phenoxy) is 1. The predicted molar refractivity (Wildman–Crippen MR) is 164 cm³/mol. The maximum Gasteiger partial charge on any atom is 0.266 e. The molecule has 0 spiro atoms. The van der Waals surface area contributed by atoms with Gasteiger partial charge in [0.1, 0.15) is 11.4 Å². The number of carbonyl (C=O) groups is 2. The lowest BCUT2D eigenvalue weighted by Crippen LogP contribution is -2.29. The molecule has 0 saturated carbocycles. The molecule has 1 aliphatic rings. The molecule has 0 N–H and O–H groups in total. The minimum atomic E-state index is -0.320. The van der Waals surface area contributed by atoms with Crippen LogP contribution in [0, 0.1) is 0 Å². The van der Waals surface area contributed by atoms with Crippen LogP contribution in [0.2, 0.25) is 5.02 Å². The van der Waals surface area contributed by atoms with E-state index in [2.05, 4.69) is 4.57 Å². The number of rotatable bonds is 6. The Labute approximate surface area is 250 Å². The maximum atomic E-state index is 13.1. The average Bonchev–Trinajstić information content (AvgIpc) is 3.47. The Bertz CT molecular complexity index is 1760. The number of imide groups is 1. The lowest BCUT2D eigenvalue weighted by Gasteiger charge is -2.16. The van der Waals surface area contributed by atoms with Crippen LogP contribution in [-0.4, -0.2) is 23.5 Å². The molecule has 0 fully saturated rings. The van der Waals surface area contributed by atoms with E-state index < -0.39 is 0 Å². The number of hydrogen-bond acceptors (Lipinski definition) is 5. The molecule has 0 atom stereocenters. The van der Waals surface area contributed by atoms with Gasteiger partial charge in [0, 0.05) is 16.0 Å². The third-order valence-electron chi connectivity index (χ3n) is 6.55. The Morgan fingerprint density at radius 1 is 0.850 bits per heavy atom. The van der Waals surface area contributed by atoms with Crippen LogP contribution in [0.1, 0.15) is 26.3 Å². The van der Waals surface area contributed by atoms with Crippen LogP contribution in [0.25, 0.3) is 11.3 Å². The Morgan fingerprint density at radius 2 is 1.52 bits per heavy atom. The van der Waals surface area contributed by atoms with E-state index in [0.717, 1.165) is 27.3 Å². The van der Waals surface area contributed by atoms with E-state index in [4.69, 9.17) is 21.3 Å². The van der Waals surface area contributed by atoms with E-state index in [1.807, 2.05) is 72.1 Å². The lowest BCUT2D eigenvalue weighted by molar-refractivity contribution is 0.0926. The fourth-order valence-electron chi connectivity index (χ4n) is 4.63. The van der Waals surface area contributed by atoms with Crippen molar-refractivity contribution in [3.63, 3.8) is 0 Å². The number of fused-ring (bicyclic) bond motifs is 1. The van der Waals surface area contributed by atoms with Crippen LogP contribution >= 0.6 is 39.9 Å². The van der Waals surface area contributed by atoms with Crippen molar-refractivity contribution < 1.29 is 14.3 Å². The number of methoxy groups -OCH3 is 1. The molecule has 2 amide bonds. The van der Waals surface area contributed by atoms with Crippen molar-refractivity contribution in [2.75, 3.05) is 12.0 Å². The summed E-state index contributed by atoms with van der Waals surface area (Å²) in [4.78, 5) is 33.2. The molecule has 1 aromatic heterocycles. The van der Waals surface area contributed by atoms with Crippen molar-refractivity contribution in [3.8, 4) is 17.0 Å². The summed E-state index contributed by atoms with van der Waals surface area (Å²) in [6.07, 6.45) is 0. The van der Waals surface area contributed by atoms with Gasteiger partial charge in [0.2, 0.25) is 0 Å². The first kappa shape index (κ1) is 27.6. The summed E-state index contributed by atoms with van der Waals surface area (Å²) in [5, 5.41) is 2.70. The molecule has 200 valence electrons. The molecule has 0 bridgehead atoms. The second-order valence-corrected chi connectivity index (χ2v) is 10.2. The second kappa shape index (κ2) is 11.6. The molecular weight excluding hydrogens is 610 g/mol. The molecule has 6 nitrogen and oxygen atoms in total. The molecule has 1 aliphatic heterocycles. The molecule has 0 unspecified atom stereocenters. The van der Waals surface area contributed by atoms with Gasteiger partial charge in [0.25, 0.3) is 11.8 Å². The summed E-state index contributed by atoms with van der Waals surface area (Å²) in [5.41, 5.74) is 4.89. The average molecular weight is 633 g/mol. The number of nitrogens with zero attached hydrogens (tertiary/aromatic N) is 3. The summed E-state index contributed by atoms with van der Waals surface area (Å²) < 4.78 is 7.63. The Kier molecular flexibility index (Phi) is 8.02. The zero-order valence-corrected chi connectivity index (χ0v) is 24.6. The molecule has 9 heteroatoms. The van der Waals surface area contributed by atoms with Crippen LogP contribution < -0.4 is 14.4 Å². The number of amides is 2. The zero-order valence-electron chi connectivity index (χ0n) is 21.3. The zero-order chi connectivity index (χ0) is 26.9. The number of thiazole rings is 1. The first-order valence-electron chi connectivity index (χ1n) is 12.2. The van der Waals surface area contributed by atoms with Crippen LogP contribution in [0.3, 0.4) is 0 Å². The number of benzene rings is 4. The van der Waals surface area contributed by atoms with Gasteiger partial charge in [-0.05, 0) is 54.1 Å². The molecule has 4 aromatic carbocycles. The fraction of sp³-hybridized carbons (Fsp3) is 0.0645. The summed E-state index contributed by atoms with van der Waals surface area (Å²) in [6.45, 7) is 0.543. The SMILES string of the molecule is Br.COc1ccccc1N=c1scc(-c2cccc(N3C(=O)c4ccccc4C3=O)c2)n1Cc1ccc(Cl)cc1. The van der Waals surface area contributed by atoms with Crippen LogP contribution in [-0.2, 0) is 6.54 Å². The quantitative estimate of drug-likeness (QED) is 0.182. The molecule has 2 heterocycles. The van der Waals surface area contributed by atoms with Crippen molar-refractivity contribution in [2.45, 2.75) is 6.54 Å². The predicted octanol–water partition coefficient (Wildman–Crippen LogP) is 7.54. The van der Waals surface area contributed by atoms with E-state index in [1.165, 1.54) is 16.2 Å². The van der Waals surface area contributed by atoms with Gasteiger partial charge >= 0.3 is 0 Å². The van der Waals surface area contributed by atoms with E-state index >= 15 is 0 Å². The van der Waals surface area contributed by atoms with E-state index in [1.54, 1.807) is 37.4 Å². The maximum absolute atomic E-state index is 13.1. The first-order chi connectivity index (χ1) is 19.0. The minimum absolute atomic E-state index is 0. The molecule has 40 heavy (non-hydrogen) atoms. The van der Waals surface area contributed by atoms with Crippen LogP contribution in [0.5, 0.6) is 5.75 Å². The van der Waals surface area contributed by atoms with E-state index in [0.29, 0.717) is 34.1 Å². The molecule has 6 rings (SSSR count). The highest BCUT2D eigenvalue weighted by Gasteiger charge is 2.36. The van der Waals surface area contributed by atoms with Gasteiger partial charge in [-0.15, -0.1) is 28.3 Å². The third-order valence-corrected chi connectivity index (χ3v) is 7.66. The van der Waals surface area contributed by atoms with Crippen molar-refractivity contribution >= 4 is 63.1 Å². The Balaban J connectivity index is 0.00000323. The standard InChI is InChI=1S/C31H22ClN3O3S.BrH/c1-38-28-12-5-4-11-26(28)33-31-34(18-20-13-15-22(32)16-14-20)27(19-39-31)21-7-6-8-23(17-21)35-29(36)24-9-2-3-10-25(24)30(35)37;/h2-17,19H,18H2,1H3;1H. The van der Waals surface area contributed by atoms with Crippen molar-refractivity contribution in [1.82, 2.24) is 4.57 Å². The summed E-state index contributed by atoms with van der Waals surface area (Å²) in [6, 6.07) is 29.7. The summed E-state index contributed by atoms with van der Waals surface area (Å²) in [7, 11) is 1.63. The van der Waals surface area contributed by atoms with Gasteiger partial charge in [-0.2, -0.15) is 0 Å². The molecule has 0 saturated heterocycles. The monoisotopic (exact) mass is 631 g/mol. The minimum Gasteiger partial charge on any atom is -0.494 e. The van der Waals surface area contributed by atoms with Gasteiger partial charge in [-0.1, -0.05) is 60.1 Å². The van der Waals surface area contributed by atoms with Crippen molar-refractivity contribution in [2.24, 2.45) is 4.99 Å². The largest absolute Gasteiger partial charge is 0.494 e. The molecular formula is C31H23BrClN3O3S. The number of anilines is 1. The first-order valence-corrected chi connectivity index (χ1v) is 13.5. The fourth-order valence-corrected chi connectivity index (χ4v) is 5.68. The van der Waals surface area contributed by atoms with Crippen LogP contribution in [0.4, 0.5) is 11.4 Å². The second-order valence-electron chi connectivity index (χ2n) is 8.94. The number of carbonyl (C=O) groups excluding carboxylic acids is 2. The molecule has 0 radical (unpaired) electrons. The highest BCUT2D eigenvalue weighted by Crippen LogP contribution is 2.32.